The van der Waals surface area contributed by atoms with E-state index in [9.17, 15) is 4.79 Å². The third-order valence-corrected chi connectivity index (χ3v) is 1.41. The Morgan fingerprint density at radius 3 is 3.00 bits per heavy atom. The highest BCUT2D eigenvalue weighted by Crippen LogP contribution is 1.95. The van der Waals surface area contributed by atoms with E-state index in [-0.39, 0.29) is 6.04 Å². The maximum atomic E-state index is 10.2. The minimum atomic E-state index is -0.427. The van der Waals surface area contributed by atoms with E-state index in [0.717, 1.165) is 19.5 Å². The first-order chi connectivity index (χ1) is 4.29. The molecule has 2 amide bonds. The van der Waals surface area contributed by atoms with Crippen LogP contribution in [0.3, 0.4) is 0 Å². The van der Waals surface area contributed by atoms with Crippen LogP contribution in [0.5, 0.6) is 0 Å². The van der Waals surface area contributed by atoms with Gasteiger partial charge in [0, 0.05) is 12.6 Å². The molecule has 1 aliphatic heterocycles. The summed E-state index contributed by atoms with van der Waals surface area (Å²) in [5.74, 6) is 0. The van der Waals surface area contributed by atoms with Gasteiger partial charge in [0.2, 0.25) is 0 Å². The summed E-state index contributed by atoms with van der Waals surface area (Å²) < 4.78 is 0. The molecule has 1 aliphatic rings. The molecule has 52 valence electrons. The van der Waals surface area contributed by atoms with Gasteiger partial charge in [-0.1, -0.05) is 0 Å². The lowest BCUT2D eigenvalue weighted by Gasteiger charge is -2.06. The molecule has 4 N–H and O–H groups in total. The topological polar surface area (TPSA) is 67.2 Å². The van der Waals surface area contributed by atoms with E-state index in [1.54, 1.807) is 0 Å². The molecule has 1 fully saturated rings. The maximum Gasteiger partial charge on any atom is 0.312 e. The van der Waals surface area contributed by atoms with E-state index in [4.69, 9.17) is 5.73 Å². The quantitative estimate of drug-likeness (QED) is 0.426. The number of primary amides is 1. The first kappa shape index (κ1) is 6.35. The largest absolute Gasteiger partial charge is 0.352 e. The van der Waals surface area contributed by atoms with Crippen LogP contribution in [0, 0.1) is 0 Å². The highest BCUT2D eigenvalue weighted by atomic mass is 16.2. The van der Waals surface area contributed by atoms with Crippen LogP contribution in [0.4, 0.5) is 4.79 Å². The van der Waals surface area contributed by atoms with E-state index in [0.29, 0.717) is 0 Å². The minimum Gasteiger partial charge on any atom is -0.352 e. The van der Waals surface area contributed by atoms with Crippen LogP contribution in [0.2, 0.25) is 0 Å². The molecule has 0 aliphatic carbocycles. The van der Waals surface area contributed by atoms with Gasteiger partial charge in [-0.15, -0.1) is 0 Å². The Balaban J connectivity index is 2.19. The van der Waals surface area contributed by atoms with Crippen LogP contribution in [0.15, 0.2) is 0 Å². The smallest absolute Gasteiger partial charge is 0.312 e. The van der Waals surface area contributed by atoms with Crippen LogP contribution >= 0.6 is 0 Å². The Hall–Kier alpha value is -0.770. The fourth-order valence-electron chi connectivity index (χ4n) is 0.979. The molecule has 0 radical (unpaired) electrons. The molecule has 0 aromatic carbocycles. The Labute approximate surface area is 53.8 Å². The number of hydrogen-bond donors (Lipinski definition) is 3. The van der Waals surface area contributed by atoms with Gasteiger partial charge in [-0.05, 0) is 13.0 Å². The second kappa shape index (κ2) is 2.68. The van der Waals surface area contributed by atoms with Gasteiger partial charge in [-0.3, -0.25) is 0 Å². The van der Waals surface area contributed by atoms with Crippen LogP contribution in [0.25, 0.3) is 0 Å². The summed E-state index contributed by atoms with van der Waals surface area (Å²) in [6, 6.07) is -0.175. The first-order valence-electron chi connectivity index (χ1n) is 3.06. The Bertz CT molecular complexity index is 109. The van der Waals surface area contributed by atoms with Gasteiger partial charge in [0.05, 0.1) is 0 Å². The van der Waals surface area contributed by atoms with Gasteiger partial charge < -0.3 is 16.4 Å². The number of urea groups is 1. The third kappa shape index (κ3) is 1.89. The number of nitrogens with two attached hydrogens (primary N) is 1. The van der Waals surface area contributed by atoms with Gasteiger partial charge in [0.25, 0.3) is 0 Å². The molecule has 1 rings (SSSR count). The number of amides is 2. The number of hydrogen-bond acceptors (Lipinski definition) is 2. The molecule has 0 aromatic rings. The number of carbonyl (C=O) groups is 1. The second-order valence-corrected chi connectivity index (χ2v) is 2.20. The summed E-state index contributed by atoms with van der Waals surface area (Å²) in [5, 5.41) is 5.73. The molecule has 9 heavy (non-hydrogen) atoms. The maximum absolute atomic E-state index is 10.2. The standard InChI is InChI=1S/C5H11N3O/c6-5(9)8-4-1-2-7-3-4/h4,7H,1-3H2,(H3,6,8,9)/t4-/m0/s1. The van der Waals surface area contributed by atoms with Crippen LogP contribution in [-0.2, 0) is 0 Å². The molecular formula is C5H11N3O. The van der Waals surface area contributed by atoms with Crippen molar-refractivity contribution in [1.82, 2.24) is 10.6 Å². The summed E-state index contributed by atoms with van der Waals surface area (Å²) in [7, 11) is 0. The van der Waals surface area contributed by atoms with Crippen molar-refractivity contribution >= 4 is 6.03 Å². The van der Waals surface area contributed by atoms with E-state index >= 15 is 0 Å². The third-order valence-electron chi connectivity index (χ3n) is 1.41. The van der Waals surface area contributed by atoms with E-state index in [2.05, 4.69) is 10.6 Å². The minimum absolute atomic E-state index is 0.252. The molecule has 1 heterocycles. The highest BCUT2D eigenvalue weighted by molar-refractivity contribution is 5.72. The molecule has 0 aromatic heterocycles. The van der Waals surface area contributed by atoms with Crippen molar-refractivity contribution in [2.75, 3.05) is 13.1 Å². The lowest BCUT2D eigenvalue weighted by Crippen LogP contribution is -2.39. The van der Waals surface area contributed by atoms with Crippen LogP contribution < -0.4 is 16.4 Å². The van der Waals surface area contributed by atoms with Crippen LogP contribution in [-0.4, -0.2) is 25.2 Å². The van der Waals surface area contributed by atoms with E-state index < -0.39 is 6.03 Å². The lowest BCUT2D eigenvalue weighted by molar-refractivity contribution is 0.246. The summed E-state index contributed by atoms with van der Waals surface area (Å²) in [4.78, 5) is 10.2. The molecule has 4 heteroatoms. The van der Waals surface area contributed by atoms with Crippen molar-refractivity contribution in [3.05, 3.63) is 0 Å². The average Bonchev–Trinajstić information content (AvgIpc) is 2.15. The molecule has 0 unspecified atom stereocenters. The average molecular weight is 129 g/mol. The summed E-state index contributed by atoms with van der Waals surface area (Å²) in [6.07, 6.45) is 0.989. The molecule has 0 bridgehead atoms. The van der Waals surface area contributed by atoms with Crippen molar-refractivity contribution in [3.8, 4) is 0 Å². The molecule has 1 atom stereocenters. The highest BCUT2D eigenvalue weighted by Gasteiger charge is 2.14. The van der Waals surface area contributed by atoms with Gasteiger partial charge >= 0.3 is 6.03 Å². The fraction of sp³-hybridized carbons (Fsp3) is 0.800. The Morgan fingerprint density at radius 2 is 2.56 bits per heavy atom. The normalized spacial score (nSPS) is 26.0. The van der Waals surface area contributed by atoms with E-state index in [1.807, 2.05) is 0 Å². The first-order valence-corrected chi connectivity index (χ1v) is 3.06. The summed E-state index contributed by atoms with van der Waals surface area (Å²) in [6.45, 7) is 1.83. The van der Waals surface area contributed by atoms with Gasteiger partial charge in [-0.2, -0.15) is 0 Å². The van der Waals surface area contributed by atoms with Crippen molar-refractivity contribution < 1.29 is 4.79 Å². The fourth-order valence-corrected chi connectivity index (χ4v) is 0.979. The van der Waals surface area contributed by atoms with Crippen molar-refractivity contribution in [2.45, 2.75) is 12.5 Å². The number of nitrogens with one attached hydrogen (secondary N) is 2. The number of rotatable bonds is 1. The summed E-state index contributed by atoms with van der Waals surface area (Å²) >= 11 is 0. The summed E-state index contributed by atoms with van der Waals surface area (Å²) in [5.41, 5.74) is 4.89. The Morgan fingerprint density at radius 1 is 1.78 bits per heavy atom. The van der Waals surface area contributed by atoms with E-state index in [1.165, 1.54) is 0 Å². The predicted octanol–water partition coefficient (Wildman–Crippen LogP) is -0.983. The molecule has 0 saturated carbocycles. The lowest BCUT2D eigenvalue weighted by atomic mass is 10.3. The SMILES string of the molecule is NC(=O)N[C@H]1CCNC1. The van der Waals surface area contributed by atoms with Gasteiger partial charge in [0.15, 0.2) is 0 Å². The molecule has 0 spiro atoms. The van der Waals surface area contributed by atoms with Crippen molar-refractivity contribution in [1.29, 1.82) is 0 Å². The zero-order valence-electron chi connectivity index (χ0n) is 5.18. The molecular weight excluding hydrogens is 118 g/mol. The predicted molar refractivity (Wildman–Crippen MR) is 34.0 cm³/mol. The van der Waals surface area contributed by atoms with Gasteiger partial charge in [0.1, 0.15) is 0 Å². The van der Waals surface area contributed by atoms with Crippen molar-refractivity contribution in [3.63, 3.8) is 0 Å². The molecule has 4 nitrogen and oxygen atoms in total. The monoisotopic (exact) mass is 129 g/mol. The Kier molecular flexibility index (Phi) is 1.89. The van der Waals surface area contributed by atoms with Gasteiger partial charge in [-0.25, -0.2) is 4.79 Å². The zero-order chi connectivity index (χ0) is 6.69. The second-order valence-electron chi connectivity index (χ2n) is 2.20. The molecule has 1 saturated heterocycles. The zero-order valence-corrected chi connectivity index (χ0v) is 5.18. The number of carbonyl (C=O) groups excluding carboxylic acids is 1. The van der Waals surface area contributed by atoms with Crippen LogP contribution in [0.1, 0.15) is 6.42 Å². The van der Waals surface area contributed by atoms with Crippen molar-refractivity contribution in [2.24, 2.45) is 5.73 Å².